The summed E-state index contributed by atoms with van der Waals surface area (Å²) in [6.07, 6.45) is 0. The number of thiol groups is 1. The van der Waals surface area contributed by atoms with Crippen LogP contribution in [0.15, 0.2) is 30.3 Å². The van der Waals surface area contributed by atoms with Crippen LogP contribution in [0.25, 0.3) is 0 Å². The molecule has 2 nitrogen and oxygen atoms in total. The summed E-state index contributed by atoms with van der Waals surface area (Å²) < 4.78 is 20.8. The fourth-order valence-electron chi connectivity index (χ4n) is 1.11. The zero-order valence-electron chi connectivity index (χ0n) is 6.93. The van der Waals surface area contributed by atoms with Crippen molar-refractivity contribution in [3.8, 4) is 0 Å². The van der Waals surface area contributed by atoms with Crippen molar-refractivity contribution < 1.29 is 8.42 Å². The zero-order chi connectivity index (χ0) is 8.97. The monoisotopic (exact) mass is 184 g/mol. The normalized spacial score (nSPS) is 13.2. The average Bonchev–Trinajstić information content (AvgIpc) is 2.05. The summed E-state index contributed by atoms with van der Waals surface area (Å²) in [5.41, 5.74) is 1.08. The van der Waals surface area contributed by atoms with Crippen molar-refractivity contribution in [2.45, 2.75) is 12.8 Å². The molecule has 0 radical (unpaired) electrons. The fourth-order valence-corrected chi connectivity index (χ4v) is 1.77. The molecule has 0 spiro atoms. The molecule has 12 heavy (non-hydrogen) atoms. The SMILES string of the molecule is CC(C[SH](=O)=O)c1ccccc1. The second-order valence-corrected chi connectivity index (χ2v) is 3.86. The largest absolute Gasteiger partial charge is 0.232 e. The van der Waals surface area contributed by atoms with E-state index >= 15 is 0 Å². The van der Waals surface area contributed by atoms with Gasteiger partial charge < -0.3 is 0 Å². The highest BCUT2D eigenvalue weighted by atomic mass is 32.2. The molecule has 1 aromatic rings. The van der Waals surface area contributed by atoms with Gasteiger partial charge in [0, 0.05) is 0 Å². The van der Waals surface area contributed by atoms with Crippen molar-refractivity contribution >= 4 is 10.7 Å². The van der Waals surface area contributed by atoms with Crippen LogP contribution in [0.2, 0.25) is 0 Å². The van der Waals surface area contributed by atoms with E-state index in [1.54, 1.807) is 0 Å². The van der Waals surface area contributed by atoms with E-state index < -0.39 is 10.7 Å². The summed E-state index contributed by atoms with van der Waals surface area (Å²) in [5, 5.41) is 0. The van der Waals surface area contributed by atoms with Crippen LogP contribution >= 0.6 is 0 Å². The van der Waals surface area contributed by atoms with Gasteiger partial charge in [0.15, 0.2) is 0 Å². The van der Waals surface area contributed by atoms with E-state index in [9.17, 15) is 8.42 Å². The maximum Gasteiger partial charge on any atom is 0.140 e. The van der Waals surface area contributed by atoms with Crippen LogP contribution in [0, 0.1) is 0 Å². The van der Waals surface area contributed by atoms with Crippen LogP contribution in [-0.2, 0) is 10.7 Å². The Hall–Kier alpha value is -0.830. The van der Waals surface area contributed by atoms with Crippen molar-refractivity contribution in [1.29, 1.82) is 0 Å². The first-order valence-corrected chi connectivity index (χ1v) is 5.23. The Labute approximate surface area is 74.2 Å². The van der Waals surface area contributed by atoms with Crippen molar-refractivity contribution in [2.75, 3.05) is 5.75 Å². The Balaban J connectivity index is 2.71. The second kappa shape index (κ2) is 4.26. The van der Waals surface area contributed by atoms with Crippen molar-refractivity contribution in [1.82, 2.24) is 0 Å². The van der Waals surface area contributed by atoms with Gasteiger partial charge in [0.25, 0.3) is 0 Å². The topological polar surface area (TPSA) is 34.1 Å². The Kier molecular flexibility index (Phi) is 3.29. The number of rotatable bonds is 3. The molecule has 0 bridgehead atoms. The molecular weight excluding hydrogens is 172 g/mol. The number of benzene rings is 1. The molecule has 0 amide bonds. The highest BCUT2D eigenvalue weighted by Crippen LogP contribution is 2.13. The fraction of sp³-hybridized carbons (Fsp3) is 0.333. The van der Waals surface area contributed by atoms with Crippen molar-refractivity contribution in [3.05, 3.63) is 35.9 Å². The Bertz CT molecular complexity index is 296. The van der Waals surface area contributed by atoms with Crippen LogP contribution in [0.1, 0.15) is 18.4 Å². The van der Waals surface area contributed by atoms with E-state index in [4.69, 9.17) is 0 Å². The molecule has 1 atom stereocenters. The minimum Gasteiger partial charge on any atom is -0.232 e. The summed E-state index contributed by atoms with van der Waals surface area (Å²) in [6, 6.07) is 9.66. The molecule has 0 aliphatic heterocycles. The first-order valence-electron chi connectivity index (χ1n) is 3.87. The third-order valence-electron chi connectivity index (χ3n) is 1.79. The summed E-state index contributed by atoms with van der Waals surface area (Å²) in [7, 11) is -2.26. The quantitative estimate of drug-likeness (QED) is 0.720. The molecule has 66 valence electrons. The standard InChI is InChI=1S/C9H12O2S/c1-8(7-12(10)11)9-5-3-2-4-6-9/h2-6,8,12H,7H2,1H3. The van der Waals surface area contributed by atoms with Gasteiger partial charge in [-0.2, -0.15) is 0 Å². The molecule has 0 saturated carbocycles. The minimum atomic E-state index is -2.26. The van der Waals surface area contributed by atoms with Crippen molar-refractivity contribution in [2.24, 2.45) is 0 Å². The van der Waals surface area contributed by atoms with Gasteiger partial charge >= 0.3 is 0 Å². The van der Waals surface area contributed by atoms with Gasteiger partial charge in [-0.1, -0.05) is 37.3 Å². The summed E-state index contributed by atoms with van der Waals surface area (Å²) in [5.74, 6) is 0.339. The van der Waals surface area contributed by atoms with Crippen molar-refractivity contribution in [3.63, 3.8) is 0 Å². The summed E-state index contributed by atoms with van der Waals surface area (Å²) >= 11 is 0. The van der Waals surface area contributed by atoms with Crippen LogP contribution in [0.4, 0.5) is 0 Å². The molecule has 0 N–H and O–H groups in total. The van der Waals surface area contributed by atoms with Crippen LogP contribution in [0.5, 0.6) is 0 Å². The minimum absolute atomic E-state index is 0.104. The maximum atomic E-state index is 10.4. The van der Waals surface area contributed by atoms with Gasteiger partial charge in [0.2, 0.25) is 0 Å². The lowest BCUT2D eigenvalue weighted by atomic mass is 10.0. The van der Waals surface area contributed by atoms with Crippen LogP contribution < -0.4 is 0 Å². The van der Waals surface area contributed by atoms with E-state index in [1.807, 2.05) is 37.3 Å². The smallest absolute Gasteiger partial charge is 0.140 e. The van der Waals surface area contributed by atoms with Gasteiger partial charge in [0.05, 0.1) is 5.75 Å². The average molecular weight is 184 g/mol. The lowest BCUT2D eigenvalue weighted by Crippen LogP contribution is -2.00. The van der Waals surface area contributed by atoms with Gasteiger partial charge in [-0.3, -0.25) is 0 Å². The predicted molar refractivity (Wildman–Crippen MR) is 50.0 cm³/mol. The highest BCUT2D eigenvalue weighted by molar-refractivity contribution is 7.72. The predicted octanol–water partition coefficient (Wildman–Crippen LogP) is 1.40. The van der Waals surface area contributed by atoms with E-state index in [-0.39, 0.29) is 11.7 Å². The van der Waals surface area contributed by atoms with Gasteiger partial charge in [-0.15, -0.1) is 0 Å². The molecule has 0 fully saturated rings. The van der Waals surface area contributed by atoms with Gasteiger partial charge in [-0.25, -0.2) is 8.42 Å². The first-order chi connectivity index (χ1) is 5.70. The van der Waals surface area contributed by atoms with E-state index in [0.29, 0.717) is 0 Å². The Morgan fingerprint density at radius 3 is 2.33 bits per heavy atom. The van der Waals surface area contributed by atoms with E-state index in [2.05, 4.69) is 0 Å². The Morgan fingerprint density at radius 1 is 1.25 bits per heavy atom. The third-order valence-corrected chi connectivity index (χ3v) is 2.64. The molecule has 0 aliphatic carbocycles. The van der Waals surface area contributed by atoms with Gasteiger partial charge in [-0.05, 0) is 11.5 Å². The molecule has 3 heteroatoms. The molecule has 0 heterocycles. The molecule has 1 unspecified atom stereocenters. The first kappa shape index (κ1) is 9.26. The zero-order valence-corrected chi connectivity index (χ0v) is 7.83. The lowest BCUT2D eigenvalue weighted by Gasteiger charge is -2.06. The lowest BCUT2D eigenvalue weighted by molar-refractivity contribution is 0.609. The van der Waals surface area contributed by atoms with Crippen LogP contribution in [0.3, 0.4) is 0 Å². The second-order valence-electron chi connectivity index (χ2n) is 2.83. The molecule has 1 rings (SSSR count). The molecule has 1 aromatic carbocycles. The highest BCUT2D eigenvalue weighted by Gasteiger charge is 2.04. The van der Waals surface area contributed by atoms with E-state index in [1.165, 1.54) is 0 Å². The number of hydrogen-bond acceptors (Lipinski definition) is 2. The summed E-state index contributed by atoms with van der Waals surface area (Å²) in [4.78, 5) is 0. The summed E-state index contributed by atoms with van der Waals surface area (Å²) in [6.45, 7) is 1.92. The number of hydrogen-bond donors (Lipinski definition) is 1. The van der Waals surface area contributed by atoms with Crippen LogP contribution in [-0.4, -0.2) is 14.2 Å². The van der Waals surface area contributed by atoms with E-state index in [0.717, 1.165) is 5.56 Å². The maximum absolute atomic E-state index is 10.4. The molecule has 0 saturated heterocycles. The molecular formula is C9H12O2S. The molecule has 0 aromatic heterocycles. The molecule has 0 aliphatic rings. The Morgan fingerprint density at radius 2 is 1.83 bits per heavy atom. The third kappa shape index (κ3) is 2.66. The van der Waals surface area contributed by atoms with Gasteiger partial charge in [0.1, 0.15) is 10.7 Å².